The summed E-state index contributed by atoms with van der Waals surface area (Å²) in [5, 5.41) is 12.5. The first-order chi connectivity index (χ1) is 18.1. The van der Waals surface area contributed by atoms with Crippen molar-refractivity contribution < 1.29 is 9.90 Å². The summed E-state index contributed by atoms with van der Waals surface area (Å²) in [6.45, 7) is 2.97. The number of carbonyl (C=O) groups excluding carboxylic acids is 1. The molecule has 1 unspecified atom stereocenters. The van der Waals surface area contributed by atoms with Crippen molar-refractivity contribution >= 4 is 11.6 Å². The molecule has 1 saturated carbocycles. The molecule has 0 bridgehead atoms. The number of nitrogens with one attached hydrogen (secondary N) is 1. The standard InChI is InChI=1S/C32H55N3O2/c1-2-3-4-5-6-7-8-9-10-11-12-13-14-21-26-35(29-24-19-16-20-25-29)34-32(37)31(36)30(33)27-28-22-17-15-18-23-28/h5-6,16,19-20,24-25,28,30-31,36H,2-4,7-15,17-18,21-23,26-27,33H2,1H3,(H,34,37)/b6-5-/t30-,31?/m1/s1. The average molecular weight is 514 g/mol. The van der Waals surface area contributed by atoms with E-state index in [1.807, 2.05) is 35.3 Å². The Morgan fingerprint density at radius 1 is 0.946 bits per heavy atom. The van der Waals surface area contributed by atoms with Crippen LogP contribution in [-0.2, 0) is 4.79 Å². The highest BCUT2D eigenvalue weighted by Crippen LogP contribution is 2.27. The highest BCUT2D eigenvalue weighted by molar-refractivity contribution is 5.82. The van der Waals surface area contributed by atoms with E-state index in [1.54, 1.807) is 0 Å². The van der Waals surface area contributed by atoms with E-state index in [4.69, 9.17) is 5.73 Å². The van der Waals surface area contributed by atoms with Crippen LogP contribution < -0.4 is 16.2 Å². The molecule has 4 N–H and O–H groups in total. The number of benzene rings is 1. The van der Waals surface area contributed by atoms with E-state index in [0.717, 1.165) is 44.3 Å². The smallest absolute Gasteiger partial charge is 0.268 e. The Morgan fingerprint density at radius 3 is 2.19 bits per heavy atom. The van der Waals surface area contributed by atoms with Crippen LogP contribution in [-0.4, -0.2) is 29.7 Å². The van der Waals surface area contributed by atoms with E-state index in [0.29, 0.717) is 5.92 Å². The SMILES string of the molecule is CCCC/C=C\CCCCCCCCCCN(NC(=O)C(O)[C@H](N)CC1CCCCC1)c1ccccc1. The van der Waals surface area contributed by atoms with Crippen molar-refractivity contribution in [2.75, 3.05) is 11.6 Å². The largest absolute Gasteiger partial charge is 0.382 e. The van der Waals surface area contributed by atoms with Gasteiger partial charge in [0.15, 0.2) is 0 Å². The molecule has 1 fully saturated rings. The zero-order chi connectivity index (χ0) is 26.6. The Morgan fingerprint density at radius 2 is 1.54 bits per heavy atom. The summed E-state index contributed by atoms with van der Waals surface area (Å²) in [7, 11) is 0. The molecule has 1 aliphatic carbocycles. The van der Waals surface area contributed by atoms with Gasteiger partial charge in [-0.3, -0.25) is 15.2 Å². The third-order valence-corrected chi connectivity index (χ3v) is 7.71. The van der Waals surface area contributed by atoms with E-state index in [1.165, 1.54) is 83.5 Å². The summed E-state index contributed by atoms with van der Waals surface area (Å²) in [6, 6.07) is 9.39. The molecule has 5 heteroatoms. The Balaban J connectivity index is 1.64. The van der Waals surface area contributed by atoms with E-state index >= 15 is 0 Å². The van der Waals surface area contributed by atoms with Gasteiger partial charge < -0.3 is 10.8 Å². The number of aliphatic hydroxyl groups excluding tert-OH is 1. The van der Waals surface area contributed by atoms with Crippen molar-refractivity contribution in [1.82, 2.24) is 5.43 Å². The van der Waals surface area contributed by atoms with Crippen molar-refractivity contribution in [1.29, 1.82) is 0 Å². The van der Waals surface area contributed by atoms with Gasteiger partial charge in [-0.25, -0.2) is 0 Å². The number of para-hydroxylation sites is 1. The second-order valence-corrected chi connectivity index (χ2v) is 11.0. The number of carbonyl (C=O) groups is 1. The fourth-order valence-corrected chi connectivity index (χ4v) is 5.34. The highest BCUT2D eigenvalue weighted by Gasteiger charge is 2.27. The molecule has 1 amide bonds. The number of anilines is 1. The lowest BCUT2D eigenvalue weighted by molar-refractivity contribution is -0.130. The number of nitrogens with zero attached hydrogens (tertiary/aromatic N) is 1. The molecule has 1 aliphatic rings. The molecule has 0 saturated heterocycles. The molecule has 1 aromatic rings. The number of nitrogens with two attached hydrogens (primary N) is 1. The van der Waals surface area contributed by atoms with Crippen LogP contribution in [0.1, 0.15) is 122 Å². The number of hydrogen-bond donors (Lipinski definition) is 3. The Kier molecular flexibility index (Phi) is 17.1. The number of rotatable bonds is 20. The molecule has 5 nitrogen and oxygen atoms in total. The van der Waals surface area contributed by atoms with E-state index in [2.05, 4.69) is 24.5 Å². The monoisotopic (exact) mass is 513 g/mol. The first-order valence-electron chi connectivity index (χ1n) is 15.3. The van der Waals surface area contributed by atoms with Crippen molar-refractivity contribution in [3.8, 4) is 0 Å². The lowest BCUT2D eigenvalue weighted by atomic mass is 9.84. The van der Waals surface area contributed by atoms with Crippen LogP contribution in [0.25, 0.3) is 0 Å². The van der Waals surface area contributed by atoms with Gasteiger partial charge in [-0.05, 0) is 50.2 Å². The molecular weight excluding hydrogens is 458 g/mol. The normalized spacial score (nSPS) is 16.1. The zero-order valence-corrected chi connectivity index (χ0v) is 23.6. The minimum Gasteiger partial charge on any atom is -0.382 e. The van der Waals surface area contributed by atoms with Crippen LogP contribution in [0.3, 0.4) is 0 Å². The Hall–Kier alpha value is -1.85. The molecule has 0 radical (unpaired) electrons. The maximum absolute atomic E-state index is 12.9. The molecular formula is C32H55N3O2. The predicted molar refractivity (Wildman–Crippen MR) is 157 cm³/mol. The van der Waals surface area contributed by atoms with Crippen LogP contribution in [0.5, 0.6) is 0 Å². The fraction of sp³-hybridized carbons (Fsp3) is 0.719. The molecule has 0 aliphatic heterocycles. The van der Waals surface area contributed by atoms with Crippen molar-refractivity contribution in [3.05, 3.63) is 42.5 Å². The van der Waals surface area contributed by atoms with Gasteiger partial charge in [0, 0.05) is 12.6 Å². The van der Waals surface area contributed by atoms with Gasteiger partial charge in [0.1, 0.15) is 6.10 Å². The quantitative estimate of drug-likeness (QED) is 0.0961. The summed E-state index contributed by atoms with van der Waals surface area (Å²) in [5.74, 6) is 0.135. The molecule has 1 aromatic carbocycles. The highest BCUT2D eigenvalue weighted by atomic mass is 16.3. The Labute approximate surface area is 227 Å². The first-order valence-corrected chi connectivity index (χ1v) is 15.3. The molecule has 0 spiro atoms. The summed E-state index contributed by atoms with van der Waals surface area (Å²) in [4.78, 5) is 12.9. The number of hydrazine groups is 1. The number of unbranched alkanes of at least 4 members (excludes halogenated alkanes) is 10. The van der Waals surface area contributed by atoms with Gasteiger partial charge in [-0.15, -0.1) is 0 Å². The van der Waals surface area contributed by atoms with Crippen LogP contribution in [0.4, 0.5) is 5.69 Å². The first kappa shape index (κ1) is 31.4. The maximum atomic E-state index is 12.9. The van der Waals surface area contributed by atoms with Crippen LogP contribution in [0.2, 0.25) is 0 Å². The van der Waals surface area contributed by atoms with Crippen molar-refractivity contribution in [3.63, 3.8) is 0 Å². The maximum Gasteiger partial charge on any atom is 0.268 e. The summed E-state index contributed by atoms with van der Waals surface area (Å²) in [6.07, 6.45) is 25.3. The van der Waals surface area contributed by atoms with Crippen molar-refractivity contribution in [2.24, 2.45) is 11.7 Å². The number of aliphatic hydroxyl groups is 1. The molecule has 0 heterocycles. The fourth-order valence-electron chi connectivity index (χ4n) is 5.34. The van der Waals surface area contributed by atoms with E-state index < -0.39 is 18.1 Å². The zero-order valence-electron chi connectivity index (χ0n) is 23.6. The third kappa shape index (κ3) is 14.0. The van der Waals surface area contributed by atoms with Gasteiger partial charge in [0.05, 0.1) is 5.69 Å². The van der Waals surface area contributed by atoms with Crippen LogP contribution in [0, 0.1) is 5.92 Å². The minimum absolute atomic E-state index is 0.396. The van der Waals surface area contributed by atoms with Gasteiger partial charge in [0.25, 0.3) is 5.91 Å². The second kappa shape index (κ2) is 20.2. The van der Waals surface area contributed by atoms with Crippen LogP contribution in [0.15, 0.2) is 42.5 Å². The lowest BCUT2D eigenvalue weighted by Gasteiger charge is -2.30. The second-order valence-electron chi connectivity index (χ2n) is 11.0. The summed E-state index contributed by atoms with van der Waals surface area (Å²) < 4.78 is 0. The topological polar surface area (TPSA) is 78.6 Å². The summed E-state index contributed by atoms with van der Waals surface area (Å²) in [5.41, 5.74) is 10.2. The van der Waals surface area contributed by atoms with Gasteiger partial charge in [0.2, 0.25) is 0 Å². The average Bonchev–Trinajstić information content (AvgIpc) is 2.93. The summed E-state index contributed by atoms with van der Waals surface area (Å²) >= 11 is 0. The molecule has 37 heavy (non-hydrogen) atoms. The third-order valence-electron chi connectivity index (χ3n) is 7.71. The van der Waals surface area contributed by atoms with Gasteiger partial charge in [-0.1, -0.05) is 121 Å². The number of hydrogen-bond acceptors (Lipinski definition) is 4. The Bertz CT molecular complexity index is 718. The van der Waals surface area contributed by atoms with Crippen molar-refractivity contribution in [2.45, 2.75) is 135 Å². The van der Waals surface area contributed by atoms with Gasteiger partial charge in [-0.2, -0.15) is 0 Å². The molecule has 2 rings (SSSR count). The van der Waals surface area contributed by atoms with E-state index in [-0.39, 0.29) is 0 Å². The number of allylic oxidation sites excluding steroid dienone is 2. The molecule has 2 atom stereocenters. The number of amides is 1. The van der Waals surface area contributed by atoms with Crippen LogP contribution >= 0.6 is 0 Å². The predicted octanol–water partition coefficient (Wildman–Crippen LogP) is 7.44. The van der Waals surface area contributed by atoms with Gasteiger partial charge >= 0.3 is 0 Å². The minimum atomic E-state index is -1.18. The molecule has 0 aromatic heterocycles. The van der Waals surface area contributed by atoms with E-state index in [9.17, 15) is 9.90 Å². The lowest BCUT2D eigenvalue weighted by Crippen LogP contribution is -2.53. The molecule has 210 valence electrons.